The van der Waals surface area contributed by atoms with Crippen molar-refractivity contribution >= 4 is 57.7 Å². The van der Waals surface area contributed by atoms with Crippen LogP contribution in [-0.4, -0.2) is 55.3 Å². The van der Waals surface area contributed by atoms with Crippen molar-refractivity contribution in [1.29, 1.82) is 0 Å². The zero-order valence-electron chi connectivity index (χ0n) is 19.6. The molecule has 0 aliphatic carbocycles. The number of rotatable bonds is 7. The average molecular weight is 556 g/mol. The summed E-state index contributed by atoms with van der Waals surface area (Å²) in [5, 5.41) is 16.8. The van der Waals surface area contributed by atoms with E-state index in [2.05, 4.69) is 29.7 Å². The molecule has 3 aromatic rings. The molecule has 192 valence electrons. The van der Waals surface area contributed by atoms with Crippen molar-refractivity contribution in [1.82, 2.24) is 14.9 Å². The fraction of sp³-hybridized carbons (Fsp3) is 0.273. The van der Waals surface area contributed by atoms with Crippen molar-refractivity contribution in [3.05, 3.63) is 52.7 Å². The first-order valence-electron chi connectivity index (χ1n) is 10.7. The van der Waals surface area contributed by atoms with E-state index in [9.17, 15) is 22.0 Å². The third-order valence-electron chi connectivity index (χ3n) is 5.51. The molecule has 0 saturated heterocycles. The summed E-state index contributed by atoms with van der Waals surface area (Å²) in [6.07, 6.45) is 2.19. The molecule has 0 radical (unpaired) electrons. The van der Waals surface area contributed by atoms with Crippen LogP contribution in [0.25, 0.3) is 0 Å². The Bertz CT molecular complexity index is 1480. The number of anilines is 4. The highest BCUT2D eigenvalue weighted by molar-refractivity contribution is 7.81. The molecule has 1 aliphatic heterocycles. The normalized spacial score (nSPS) is 14.2. The molecule has 0 amide bonds. The minimum Gasteiger partial charge on any atom is -0.506 e. The maximum Gasteiger partial charge on any atom is 0.488 e. The summed E-state index contributed by atoms with van der Waals surface area (Å²) in [6, 6.07) is 7.34. The number of hydrogen-bond acceptors (Lipinski definition) is 10. The predicted molar refractivity (Wildman–Crippen MR) is 138 cm³/mol. The van der Waals surface area contributed by atoms with Gasteiger partial charge in [-0.25, -0.2) is 4.98 Å². The van der Waals surface area contributed by atoms with Gasteiger partial charge in [0.05, 0.1) is 17.6 Å². The molecule has 14 heteroatoms. The van der Waals surface area contributed by atoms with Crippen molar-refractivity contribution in [3.8, 4) is 11.5 Å². The molecule has 1 aromatic heterocycles. The summed E-state index contributed by atoms with van der Waals surface area (Å²) < 4.78 is 51.8. The van der Waals surface area contributed by atoms with Gasteiger partial charge in [-0.1, -0.05) is 15.5 Å². The highest BCUT2D eigenvalue weighted by Crippen LogP contribution is 2.40. The first-order chi connectivity index (χ1) is 16.8. The largest absolute Gasteiger partial charge is 0.506 e. The molecule has 3 N–H and O–H groups in total. The number of phenols is 1. The second-order valence-electron chi connectivity index (χ2n) is 8.77. The fourth-order valence-electron chi connectivity index (χ4n) is 3.83. The van der Waals surface area contributed by atoms with Crippen molar-refractivity contribution in [2.24, 2.45) is 0 Å². The molecule has 0 fully saturated rings. The van der Waals surface area contributed by atoms with Gasteiger partial charge in [-0.05, 0) is 68.3 Å². The van der Waals surface area contributed by atoms with E-state index in [-0.39, 0.29) is 33.6 Å². The Balaban J connectivity index is 1.64. The van der Waals surface area contributed by atoms with Crippen LogP contribution in [0.15, 0.2) is 36.5 Å². The van der Waals surface area contributed by atoms with Crippen molar-refractivity contribution < 1.29 is 26.2 Å². The second kappa shape index (κ2) is 9.85. The Hall–Kier alpha value is -2.92. The van der Waals surface area contributed by atoms with Crippen LogP contribution in [-0.2, 0) is 28.0 Å². The molecular formula is C22H24ClFN5O5PS. The van der Waals surface area contributed by atoms with Gasteiger partial charge in [0.25, 0.3) is 0 Å². The van der Waals surface area contributed by atoms with E-state index in [1.807, 2.05) is 13.1 Å². The standard InChI is InChI=1S/C22H24ClFN5O5PS/c1-29-7-6-13-9-19(30)18(8-14(13)12-29)27-22-25-11-16(23)21(28-22)26-17-5-4-15(34-36(24,32)33)10-20(17)35(2,3)31/h4-5,8-11,30H,6-7,12H2,1-3H3,(H2,25,26,27,28). The molecule has 0 saturated carbocycles. The lowest BCUT2D eigenvalue weighted by molar-refractivity contribution is 0.312. The van der Waals surface area contributed by atoms with Gasteiger partial charge < -0.3 is 29.4 Å². The number of halogens is 2. The summed E-state index contributed by atoms with van der Waals surface area (Å²) >= 11 is 6.28. The molecule has 10 nitrogen and oxygen atoms in total. The first kappa shape index (κ1) is 26.2. The zero-order chi connectivity index (χ0) is 26.3. The number of nitrogens with one attached hydrogen (secondary N) is 2. The zero-order valence-corrected chi connectivity index (χ0v) is 22.1. The van der Waals surface area contributed by atoms with E-state index in [1.54, 1.807) is 6.07 Å². The molecular weight excluding hydrogens is 532 g/mol. The summed E-state index contributed by atoms with van der Waals surface area (Å²) in [4.78, 5) is 10.7. The SMILES string of the molecule is CN1CCc2cc(O)c(Nc3ncc(Cl)c(Nc4ccc(OS(=O)(=O)F)cc4P(C)(C)=O)n3)cc2C1. The van der Waals surface area contributed by atoms with Crippen LogP contribution in [0.1, 0.15) is 11.1 Å². The van der Waals surface area contributed by atoms with Gasteiger partial charge in [0, 0.05) is 18.4 Å². The third-order valence-corrected chi connectivity index (χ3v) is 7.71. The van der Waals surface area contributed by atoms with E-state index < -0.39 is 17.6 Å². The van der Waals surface area contributed by atoms with Crippen molar-refractivity contribution in [3.63, 3.8) is 0 Å². The highest BCUT2D eigenvalue weighted by Gasteiger charge is 2.21. The Morgan fingerprint density at radius 2 is 1.92 bits per heavy atom. The van der Waals surface area contributed by atoms with E-state index in [4.69, 9.17) is 11.6 Å². The van der Waals surface area contributed by atoms with Crippen LogP contribution in [0.2, 0.25) is 5.02 Å². The van der Waals surface area contributed by atoms with E-state index in [0.29, 0.717) is 11.4 Å². The number of phenolic OH excluding ortho intramolecular Hbond substituents is 1. The average Bonchev–Trinajstić information content (AvgIpc) is 2.76. The molecule has 4 rings (SSSR count). The Kier molecular flexibility index (Phi) is 7.16. The van der Waals surface area contributed by atoms with Crippen molar-refractivity contribution in [2.45, 2.75) is 13.0 Å². The highest BCUT2D eigenvalue weighted by atomic mass is 35.5. The van der Waals surface area contributed by atoms with Crippen LogP contribution in [0.5, 0.6) is 11.5 Å². The summed E-state index contributed by atoms with van der Waals surface area (Å²) in [5.74, 6) is 0.0342. The Morgan fingerprint density at radius 1 is 1.17 bits per heavy atom. The first-order valence-corrected chi connectivity index (χ1v) is 15.0. The molecule has 36 heavy (non-hydrogen) atoms. The summed E-state index contributed by atoms with van der Waals surface area (Å²) in [7, 11) is -6.21. The smallest absolute Gasteiger partial charge is 0.488 e. The molecule has 0 spiro atoms. The number of likely N-dealkylation sites (N-methyl/N-ethyl adjacent to an activating group) is 1. The summed E-state index contributed by atoms with van der Waals surface area (Å²) in [5.41, 5.74) is 2.90. The van der Waals surface area contributed by atoms with E-state index in [0.717, 1.165) is 30.6 Å². The van der Waals surface area contributed by atoms with Gasteiger partial charge in [-0.2, -0.15) is 13.4 Å². The van der Waals surface area contributed by atoms with Crippen LogP contribution in [0, 0.1) is 0 Å². The van der Waals surface area contributed by atoms with Crippen LogP contribution in [0.3, 0.4) is 0 Å². The van der Waals surface area contributed by atoms with Gasteiger partial charge in [0.1, 0.15) is 23.7 Å². The van der Waals surface area contributed by atoms with Gasteiger partial charge in [-0.15, -0.1) is 0 Å². The second-order valence-corrected chi connectivity index (χ2v) is 13.3. The Morgan fingerprint density at radius 3 is 2.61 bits per heavy atom. The predicted octanol–water partition coefficient (Wildman–Crippen LogP) is 4.15. The number of fused-ring (bicyclic) bond motifs is 1. The maximum atomic E-state index is 13.0. The lowest BCUT2D eigenvalue weighted by Gasteiger charge is -2.25. The molecule has 1 aliphatic rings. The van der Waals surface area contributed by atoms with Crippen molar-refractivity contribution in [2.75, 3.05) is 37.6 Å². The quantitative estimate of drug-likeness (QED) is 0.222. The van der Waals surface area contributed by atoms with E-state index >= 15 is 0 Å². The number of aromatic hydroxyl groups is 1. The van der Waals surface area contributed by atoms with E-state index in [1.165, 1.54) is 37.7 Å². The molecule has 0 atom stereocenters. The molecule has 0 unspecified atom stereocenters. The third kappa shape index (κ3) is 6.25. The number of benzene rings is 2. The van der Waals surface area contributed by atoms with Gasteiger partial charge >= 0.3 is 10.5 Å². The van der Waals surface area contributed by atoms with Crippen LogP contribution < -0.4 is 20.1 Å². The summed E-state index contributed by atoms with van der Waals surface area (Å²) in [6.45, 7) is 4.59. The van der Waals surface area contributed by atoms with Crippen LogP contribution >= 0.6 is 18.7 Å². The fourth-order valence-corrected chi connectivity index (χ4v) is 5.45. The van der Waals surface area contributed by atoms with Gasteiger partial charge in [-0.3, -0.25) is 0 Å². The number of hydrogen-bond donors (Lipinski definition) is 3. The Labute approximate surface area is 213 Å². The lowest BCUT2D eigenvalue weighted by Crippen LogP contribution is -2.26. The minimum atomic E-state index is -5.25. The molecule has 0 bridgehead atoms. The van der Waals surface area contributed by atoms with Gasteiger partial charge in [0.15, 0.2) is 5.82 Å². The van der Waals surface area contributed by atoms with Gasteiger partial charge in [0.2, 0.25) is 5.95 Å². The van der Waals surface area contributed by atoms with Crippen LogP contribution in [0.4, 0.5) is 27.0 Å². The molecule has 2 aromatic carbocycles. The number of nitrogens with zero attached hydrogens (tertiary/aromatic N) is 3. The molecule has 2 heterocycles. The monoisotopic (exact) mass is 555 g/mol. The lowest BCUT2D eigenvalue weighted by atomic mass is 9.99. The topological polar surface area (TPSA) is 134 Å². The maximum absolute atomic E-state index is 13.0. The minimum absolute atomic E-state index is 0.0601. The number of aromatic nitrogens is 2.